The summed E-state index contributed by atoms with van der Waals surface area (Å²) in [6.45, 7) is 3.41. The zero-order valence-electron chi connectivity index (χ0n) is 10.8. The number of hydrogen-bond acceptors (Lipinski definition) is 3. The predicted octanol–water partition coefficient (Wildman–Crippen LogP) is 1.55. The molecule has 0 heterocycles. The molecular formula is C14H17NO3. The number of carbonyl (C=O) groups is 3. The molecule has 0 saturated heterocycles. The first-order valence-electron chi connectivity index (χ1n) is 5.80. The van der Waals surface area contributed by atoms with Crippen molar-refractivity contribution in [3.63, 3.8) is 0 Å². The zero-order valence-corrected chi connectivity index (χ0v) is 10.8. The van der Waals surface area contributed by atoms with E-state index in [0.717, 1.165) is 0 Å². The van der Waals surface area contributed by atoms with E-state index in [2.05, 4.69) is 0 Å². The average molecular weight is 247 g/mol. The van der Waals surface area contributed by atoms with Gasteiger partial charge in [0.05, 0.1) is 0 Å². The maximum absolute atomic E-state index is 12.1. The van der Waals surface area contributed by atoms with Gasteiger partial charge in [-0.3, -0.25) is 14.4 Å². The summed E-state index contributed by atoms with van der Waals surface area (Å²) in [5, 5.41) is 0. The molecule has 2 unspecified atom stereocenters. The third-order valence-corrected chi connectivity index (χ3v) is 3.24. The highest BCUT2D eigenvalue weighted by Gasteiger charge is 2.26. The van der Waals surface area contributed by atoms with E-state index >= 15 is 0 Å². The Hall–Kier alpha value is -1.97. The fraction of sp³-hybridized carbons (Fsp3) is 0.357. The van der Waals surface area contributed by atoms with Crippen molar-refractivity contribution in [3.05, 3.63) is 35.9 Å². The van der Waals surface area contributed by atoms with Gasteiger partial charge in [-0.2, -0.15) is 0 Å². The Labute approximate surface area is 107 Å². The van der Waals surface area contributed by atoms with Crippen LogP contribution in [0.15, 0.2) is 30.3 Å². The Morgan fingerprint density at radius 3 is 2.22 bits per heavy atom. The van der Waals surface area contributed by atoms with Crippen LogP contribution >= 0.6 is 0 Å². The molecule has 1 aromatic carbocycles. The number of carbonyl (C=O) groups excluding carboxylic acids is 3. The Morgan fingerprint density at radius 1 is 1.17 bits per heavy atom. The van der Waals surface area contributed by atoms with Gasteiger partial charge < -0.3 is 4.90 Å². The van der Waals surface area contributed by atoms with E-state index in [4.69, 9.17) is 0 Å². The molecule has 0 aromatic heterocycles. The maximum Gasteiger partial charge on any atom is 0.253 e. The van der Waals surface area contributed by atoms with E-state index in [0.29, 0.717) is 11.8 Å². The normalized spacial score (nSPS) is 13.5. The molecule has 4 heteroatoms. The first-order chi connectivity index (χ1) is 8.49. The van der Waals surface area contributed by atoms with Crippen LogP contribution in [0.25, 0.3) is 0 Å². The molecule has 0 aliphatic carbocycles. The molecule has 0 radical (unpaired) electrons. The van der Waals surface area contributed by atoms with Crippen LogP contribution in [0.3, 0.4) is 0 Å². The predicted molar refractivity (Wildman–Crippen MR) is 68.2 cm³/mol. The lowest BCUT2D eigenvalue weighted by atomic mass is 9.97. The fourth-order valence-electron chi connectivity index (χ4n) is 1.65. The van der Waals surface area contributed by atoms with Gasteiger partial charge in [0.1, 0.15) is 0 Å². The summed E-state index contributed by atoms with van der Waals surface area (Å²) in [5.74, 6) is -1.15. The Bertz CT molecular complexity index is 442. The number of Topliss-reactive ketones (excluding diaryl/α,β-unsaturated/α-hetero) is 1. The number of benzene rings is 1. The van der Waals surface area contributed by atoms with Gasteiger partial charge in [-0.05, 0) is 19.1 Å². The highest BCUT2D eigenvalue weighted by atomic mass is 16.2. The van der Waals surface area contributed by atoms with E-state index in [1.807, 2.05) is 6.07 Å². The molecule has 4 nitrogen and oxygen atoms in total. The third kappa shape index (κ3) is 3.03. The topological polar surface area (TPSA) is 54.5 Å². The summed E-state index contributed by atoms with van der Waals surface area (Å²) in [4.78, 5) is 35.4. The summed E-state index contributed by atoms with van der Waals surface area (Å²) >= 11 is 0. The third-order valence-electron chi connectivity index (χ3n) is 3.24. The number of nitrogens with zero attached hydrogens (tertiary/aromatic N) is 1. The van der Waals surface area contributed by atoms with Gasteiger partial charge in [0.15, 0.2) is 12.1 Å². The van der Waals surface area contributed by atoms with Gasteiger partial charge >= 0.3 is 0 Å². The SMILES string of the molecule is CC(C(=O)C=O)C(C)N(C)C(=O)c1ccccc1. The van der Waals surface area contributed by atoms with Crippen LogP contribution in [0.2, 0.25) is 0 Å². The van der Waals surface area contributed by atoms with Crippen molar-refractivity contribution in [2.75, 3.05) is 7.05 Å². The molecule has 18 heavy (non-hydrogen) atoms. The minimum atomic E-state index is -0.500. The van der Waals surface area contributed by atoms with Crippen LogP contribution in [0.4, 0.5) is 0 Å². The van der Waals surface area contributed by atoms with Crippen molar-refractivity contribution in [3.8, 4) is 0 Å². The molecule has 0 aliphatic heterocycles. The van der Waals surface area contributed by atoms with E-state index < -0.39 is 11.7 Å². The first kappa shape index (κ1) is 14.1. The second-order valence-corrected chi connectivity index (χ2v) is 4.33. The molecule has 0 aliphatic rings. The van der Waals surface area contributed by atoms with Crippen LogP contribution in [0.5, 0.6) is 0 Å². The van der Waals surface area contributed by atoms with Gasteiger partial charge in [-0.1, -0.05) is 25.1 Å². The lowest BCUT2D eigenvalue weighted by Gasteiger charge is -2.28. The minimum Gasteiger partial charge on any atom is -0.338 e. The molecule has 0 spiro atoms. The van der Waals surface area contributed by atoms with Gasteiger partial charge in [0.25, 0.3) is 5.91 Å². The smallest absolute Gasteiger partial charge is 0.253 e. The Morgan fingerprint density at radius 2 is 1.72 bits per heavy atom. The minimum absolute atomic E-state index is 0.159. The summed E-state index contributed by atoms with van der Waals surface area (Å²) < 4.78 is 0. The largest absolute Gasteiger partial charge is 0.338 e. The monoisotopic (exact) mass is 247 g/mol. The lowest BCUT2D eigenvalue weighted by Crippen LogP contribution is -2.41. The first-order valence-corrected chi connectivity index (χ1v) is 5.80. The van der Waals surface area contributed by atoms with Gasteiger partial charge in [0.2, 0.25) is 0 Å². The highest BCUT2D eigenvalue weighted by Crippen LogP contribution is 2.13. The van der Waals surface area contributed by atoms with Crippen LogP contribution in [0, 0.1) is 5.92 Å². The van der Waals surface area contributed by atoms with Gasteiger partial charge in [-0.15, -0.1) is 0 Å². The number of hydrogen-bond donors (Lipinski definition) is 0. The van der Waals surface area contributed by atoms with Crippen molar-refractivity contribution >= 4 is 18.0 Å². The Balaban J connectivity index is 2.81. The number of amides is 1. The number of aldehydes is 1. The summed E-state index contributed by atoms with van der Waals surface area (Å²) in [5.41, 5.74) is 0.567. The summed E-state index contributed by atoms with van der Waals surface area (Å²) in [7, 11) is 1.63. The molecular weight excluding hydrogens is 230 g/mol. The average Bonchev–Trinajstić information content (AvgIpc) is 2.44. The van der Waals surface area contributed by atoms with Crippen LogP contribution in [-0.2, 0) is 9.59 Å². The second kappa shape index (κ2) is 6.10. The van der Waals surface area contributed by atoms with E-state index in [9.17, 15) is 14.4 Å². The molecule has 1 aromatic rings. The standard InChI is InChI=1S/C14H17NO3/c1-10(13(17)9-16)11(2)15(3)14(18)12-7-5-4-6-8-12/h4-11H,1-3H3. The second-order valence-electron chi connectivity index (χ2n) is 4.33. The number of ketones is 1. The summed E-state index contributed by atoms with van der Waals surface area (Å²) in [6.07, 6.45) is 0.308. The number of rotatable bonds is 5. The highest BCUT2D eigenvalue weighted by molar-refractivity contribution is 6.26. The fourth-order valence-corrected chi connectivity index (χ4v) is 1.65. The molecule has 1 rings (SSSR count). The molecule has 1 amide bonds. The summed E-state index contributed by atoms with van der Waals surface area (Å²) in [6, 6.07) is 8.52. The zero-order chi connectivity index (χ0) is 13.7. The lowest BCUT2D eigenvalue weighted by molar-refractivity contribution is -0.133. The van der Waals surface area contributed by atoms with Crippen molar-refractivity contribution in [2.45, 2.75) is 19.9 Å². The van der Waals surface area contributed by atoms with Crippen molar-refractivity contribution in [1.29, 1.82) is 0 Å². The van der Waals surface area contributed by atoms with E-state index in [1.165, 1.54) is 4.90 Å². The maximum atomic E-state index is 12.1. The van der Waals surface area contributed by atoms with Crippen molar-refractivity contribution in [1.82, 2.24) is 4.90 Å². The molecule has 2 atom stereocenters. The molecule has 0 saturated carbocycles. The Kier molecular flexibility index (Phi) is 4.77. The molecule has 96 valence electrons. The van der Waals surface area contributed by atoms with E-state index in [1.54, 1.807) is 45.2 Å². The van der Waals surface area contributed by atoms with Crippen LogP contribution in [-0.4, -0.2) is 36.0 Å². The van der Waals surface area contributed by atoms with E-state index in [-0.39, 0.29) is 11.9 Å². The van der Waals surface area contributed by atoms with Gasteiger partial charge in [0, 0.05) is 24.6 Å². The quantitative estimate of drug-likeness (QED) is 0.586. The van der Waals surface area contributed by atoms with Crippen molar-refractivity contribution in [2.24, 2.45) is 5.92 Å². The van der Waals surface area contributed by atoms with Gasteiger partial charge in [-0.25, -0.2) is 0 Å². The van der Waals surface area contributed by atoms with Crippen LogP contribution in [0.1, 0.15) is 24.2 Å². The molecule has 0 fully saturated rings. The van der Waals surface area contributed by atoms with Crippen LogP contribution < -0.4 is 0 Å². The molecule has 0 N–H and O–H groups in total. The molecule has 0 bridgehead atoms. The van der Waals surface area contributed by atoms with Crippen molar-refractivity contribution < 1.29 is 14.4 Å².